The van der Waals surface area contributed by atoms with E-state index in [0.29, 0.717) is 5.95 Å². The molecule has 0 radical (unpaired) electrons. The number of anilines is 1. The van der Waals surface area contributed by atoms with Crippen LogP contribution in [0.25, 0.3) is 11.0 Å². The molecule has 21 heavy (non-hydrogen) atoms. The van der Waals surface area contributed by atoms with E-state index in [1.807, 2.05) is 48.5 Å². The summed E-state index contributed by atoms with van der Waals surface area (Å²) in [5.74, 6) is 0.635. The van der Waals surface area contributed by atoms with Crippen LogP contribution >= 0.6 is 11.6 Å². The number of hydrogen-bond donors (Lipinski definition) is 2. The van der Waals surface area contributed by atoms with E-state index >= 15 is 0 Å². The third-order valence-electron chi connectivity index (χ3n) is 3.20. The highest BCUT2D eigenvalue weighted by molar-refractivity contribution is 6.30. The Hall–Kier alpha value is -2.33. The van der Waals surface area contributed by atoms with Gasteiger partial charge in [0.1, 0.15) is 0 Å². The maximum Gasteiger partial charge on any atom is 0.222 e. The number of nitrogens with zero attached hydrogens (tertiary/aromatic N) is 2. The van der Waals surface area contributed by atoms with Gasteiger partial charge < -0.3 is 4.98 Å². The summed E-state index contributed by atoms with van der Waals surface area (Å²) in [7, 11) is 0. The molecule has 4 nitrogen and oxygen atoms in total. The molecule has 0 saturated carbocycles. The van der Waals surface area contributed by atoms with Crippen LogP contribution in [0.2, 0.25) is 5.02 Å². The van der Waals surface area contributed by atoms with Gasteiger partial charge in [-0.05, 0) is 36.2 Å². The lowest BCUT2D eigenvalue weighted by Gasteiger charge is -2.04. The van der Waals surface area contributed by atoms with Gasteiger partial charge in [0.2, 0.25) is 5.95 Å². The van der Waals surface area contributed by atoms with Crippen LogP contribution in [0.4, 0.5) is 5.95 Å². The average Bonchev–Trinajstić information content (AvgIpc) is 2.92. The average molecular weight is 299 g/mol. The maximum absolute atomic E-state index is 5.91. The first-order valence-corrected chi connectivity index (χ1v) is 7.17. The molecule has 5 heteroatoms. The maximum atomic E-state index is 5.91. The number of nitrogens with one attached hydrogen (secondary N) is 2. The van der Waals surface area contributed by atoms with E-state index in [9.17, 15) is 0 Å². The molecule has 0 unspecified atom stereocenters. The van der Waals surface area contributed by atoms with Crippen LogP contribution in [0.1, 0.15) is 18.9 Å². The first kappa shape index (κ1) is 13.6. The summed E-state index contributed by atoms with van der Waals surface area (Å²) in [6, 6.07) is 15.5. The first-order chi connectivity index (χ1) is 10.3. The monoisotopic (exact) mass is 298 g/mol. The Bertz CT molecular complexity index is 741. The van der Waals surface area contributed by atoms with Crippen LogP contribution in [0.3, 0.4) is 0 Å². The number of hydrogen-bond acceptors (Lipinski definition) is 3. The molecule has 2 aromatic carbocycles. The highest BCUT2D eigenvalue weighted by Gasteiger charge is 2.03. The van der Waals surface area contributed by atoms with Gasteiger partial charge in [0.05, 0.1) is 16.7 Å². The molecule has 1 aromatic heterocycles. The Kier molecular flexibility index (Phi) is 3.88. The van der Waals surface area contributed by atoms with Crippen LogP contribution in [0.5, 0.6) is 0 Å². The first-order valence-electron chi connectivity index (χ1n) is 6.79. The lowest BCUT2D eigenvalue weighted by Crippen LogP contribution is -2.03. The lowest BCUT2D eigenvalue weighted by molar-refractivity contribution is 1.17. The van der Waals surface area contributed by atoms with Crippen molar-refractivity contribution >= 4 is 34.3 Å². The molecule has 1 heterocycles. The number of halogens is 1. The van der Waals surface area contributed by atoms with E-state index < -0.39 is 0 Å². The summed E-state index contributed by atoms with van der Waals surface area (Å²) in [5.41, 5.74) is 6.89. The normalized spacial score (nSPS) is 11.8. The van der Waals surface area contributed by atoms with Crippen LogP contribution in [0, 0.1) is 0 Å². The highest BCUT2D eigenvalue weighted by Crippen LogP contribution is 2.15. The van der Waals surface area contributed by atoms with E-state index in [-0.39, 0.29) is 0 Å². The van der Waals surface area contributed by atoms with Gasteiger partial charge in [-0.2, -0.15) is 5.10 Å². The summed E-state index contributed by atoms with van der Waals surface area (Å²) in [4.78, 5) is 7.62. The molecule has 0 atom stereocenters. The fraction of sp³-hybridized carbons (Fsp3) is 0.125. The second-order valence-corrected chi connectivity index (χ2v) is 5.07. The Labute approximate surface area is 127 Å². The molecule has 106 valence electrons. The van der Waals surface area contributed by atoms with Crippen molar-refractivity contribution in [3.63, 3.8) is 0 Å². The molecule has 0 aliphatic rings. The van der Waals surface area contributed by atoms with Gasteiger partial charge in [-0.1, -0.05) is 42.8 Å². The van der Waals surface area contributed by atoms with E-state index in [4.69, 9.17) is 11.6 Å². The smallest absolute Gasteiger partial charge is 0.222 e. The van der Waals surface area contributed by atoms with Gasteiger partial charge in [0.25, 0.3) is 0 Å². The van der Waals surface area contributed by atoms with Gasteiger partial charge in [-0.25, -0.2) is 10.4 Å². The molecule has 0 bridgehead atoms. The number of para-hydroxylation sites is 2. The summed E-state index contributed by atoms with van der Waals surface area (Å²) in [5, 5.41) is 5.16. The van der Waals surface area contributed by atoms with E-state index in [0.717, 1.165) is 33.8 Å². The van der Waals surface area contributed by atoms with Crippen LogP contribution in [-0.4, -0.2) is 15.7 Å². The Balaban J connectivity index is 1.83. The third-order valence-corrected chi connectivity index (χ3v) is 3.45. The number of imidazole rings is 1. The van der Waals surface area contributed by atoms with Gasteiger partial charge in [-0.3, -0.25) is 0 Å². The van der Waals surface area contributed by atoms with Gasteiger partial charge in [0, 0.05) is 5.02 Å². The van der Waals surface area contributed by atoms with E-state index in [2.05, 4.69) is 27.4 Å². The molecular weight excluding hydrogens is 284 g/mol. The van der Waals surface area contributed by atoms with Gasteiger partial charge in [-0.15, -0.1) is 0 Å². The number of H-pyrrole nitrogens is 1. The number of benzene rings is 2. The minimum absolute atomic E-state index is 0.635. The number of aromatic amines is 1. The van der Waals surface area contributed by atoms with Crippen molar-refractivity contribution in [2.45, 2.75) is 13.3 Å². The number of fused-ring (bicyclic) bond motifs is 1. The summed E-state index contributed by atoms with van der Waals surface area (Å²) < 4.78 is 0. The second kappa shape index (κ2) is 5.97. The number of aromatic nitrogens is 2. The summed E-state index contributed by atoms with van der Waals surface area (Å²) in [6.45, 7) is 2.06. The standard InChI is InChI=1S/C16H15ClN4/c1-2-13(11-7-9-12(17)10-8-11)20-21-16-18-14-5-3-4-6-15(14)19-16/h3-10H,2H2,1H3,(H2,18,19,21)/b20-13+. The van der Waals surface area contributed by atoms with Crippen molar-refractivity contribution < 1.29 is 0 Å². The fourth-order valence-electron chi connectivity index (χ4n) is 2.12. The van der Waals surface area contributed by atoms with Gasteiger partial charge >= 0.3 is 0 Å². The predicted octanol–water partition coefficient (Wildman–Crippen LogP) is 4.44. The quantitative estimate of drug-likeness (QED) is 0.552. The molecule has 3 aromatic rings. The second-order valence-electron chi connectivity index (χ2n) is 4.63. The Morgan fingerprint density at radius 3 is 2.67 bits per heavy atom. The molecule has 0 saturated heterocycles. The van der Waals surface area contributed by atoms with Crippen molar-refractivity contribution in [2.75, 3.05) is 5.43 Å². The molecule has 0 amide bonds. The topological polar surface area (TPSA) is 53.1 Å². The largest absolute Gasteiger partial charge is 0.323 e. The highest BCUT2D eigenvalue weighted by atomic mass is 35.5. The van der Waals surface area contributed by atoms with Crippen molar-refractivity contribution in [1.82, 2.24) is 9.97 Å². The zero-order chi connectivity index (χ0) is 14.7. The molecule has 0 aliphatic heterocycles. The van der Waals surface area contributed by atoms with Crippen molar-refractivity contribution in [2.24, 2.45) is 5.10 Å². The van der Waals surface area contributed by atoms with Crippen molar-refractivity contribution in [1.29, 1.82) is 0 Å². The van der Waals surface area contributed by atoms with Crippen molar-refractivity contribution in [3.8, 4) is 0 Å². The molecule has 0 spiro atoms. The van der Waals surface area contributed by atoms with Crippen LogP contribution in [-0.2, 0) is 0 Å². The van der Waals surface area contributed by atoms with Crippen molar-refractivity contribution in [3.05, 3.63) is 59.1 Å². The fourth-order valence-corrected chi connectivity index (χ4v) is 2.24. The molecule has 0 aliphatic carbocycles. The molecule has 0 fully saturated rings. The van der Waals surface area contributed by atoms with Crippen LogP contribution < -0.4 is 5.43 Å². The number of hydrazone groups is 1. The third kappa shape index (κ3) is 3.06. The lowest BCUT2D eigenvalue weighted by atomic mass is 10.1. The van der Waals surface area contributed by atoms with Gasteiger partial charge in [0.15, 0.2) is 0 Å². The Morgan fingerprint density at radius 1 is 1.19 bits per heavy atom. The predicted molar refractivity (Wildman–Crippen MR) is 88.0 cm³/mol. The number of rotatable bonds is 4. The van der Waals surface area contributed by atoms with Crippen LogP contribution in [0.15, 0.2) is 53.6 Å². The SMILES string of the molecule is CC/C(=N\Nc1nc2ccccc2[nH]1)c1ccc(Cl)cc1. The zero-order valence-corrected chi connectivity index (χ0v) is 12.4. The molecule has 3 rings (SSSR count). The molecule has 2 N–H and O–H groups in total. The minimum Gasteiger partial charge on any atom is -0.323 e. The minimum atomic E-state index is 0.635. The van der Waals surface area contributed by atoms with E-state index in [1.165, 1.54) is 0 Å². The Morgan fingerprint density at radius 2 is 1.95 bits per heavy atom. The molecular formula is C16H15ClN4. The zero-order valence-electron chi connectivity index (χ0n) is 11.6. The van der Waals surface area contributed by atoms with E-state index in [1.54, 1.807) is 0 Å². The summed E-state index contributed by atoms with van der Waals surface area (Å²) >= 11 is 5.91. The summed E-state index contributed by atoms with van der Waals surface area (Å²) in [6.07, 6.45) is 0.814.